The second-order valence-corrected chi connectivity index (χ2v) is 3.36. The Morgan fingerprint density at radius 2 is 1.75 bits per heavy atom. The van der Waals surface area contributed by atoms with Gasteiger partial charge in [-0.3, -0.25) is 14.4 Å². The quantitative estimate of drug-likeness (QED) is 0.612. The van der Waals surface area contributed by atoms with Crippen molar-refractivity contribution in [3.63, 3.8) is 0 Å². The summed E-state index contributed by atoms with van der Waals surface area (Å²) in [6.45, 7) is 0. The van der Waals surface area contributed by atoms with Crippen LogP contribution in [0, 0.1) is 0 Å². The van der Waals surface area contributed by atoms with Gasteiger partial charge in [0.2, 0.25) is 0 Å². The molecule has 0 unspecified atom stereocenters. The fraction of sp³-hybridized carbons (Fsp3) is 0.100. The van der Waals surface area contributed by atoms with E-state index in [1.54, 1.807) is 12.1 Å². The molecule has 0 aliphatic rings. The van der Waals surface area contributed by atoms with Crippen LogP contribution in [-0.2, 0) is 11.2 Å². The third-order valence-electron chi connectivity index (χ3n) is 2.14. The minimum absolute atomic E-state index is 0.128. The van der Waals surface area contributed by atoms with Crippen molar-refractivity contribution >= 4 is 17.0 Å². The van der Waals surface area contributed by atoms with Crippen LogP contribution >= 0.6 is 0 Å². The zero-order valence-corrected chi connectivity index (χ0v) is 8.11. The molecule has 82 valence electrons. The molecule has 0 fully saturated rings. The summed E-state index contributed by atoms with van der Waals surface area (Å²) in [7, 11) is 0. The van der Waals surface area contributed by atoms with Crippen LogP contribution in [0.25, 0.3) is 11.0 Å². The van der Waals surface area contributed by atoms with Crippen molar-refractivity contribution < 1.29 is 9.90 Å². The third-order valence-corrected chi connectivity index (χ3v) is 2.14. The van der Waals surface area contributed by atoms with Crippen LogP contribution < -0.4 is 11.1 Å². The molecule has 6 heteroatoms. The fourth-order valence-corrected chi connectivity index (χ4v) is 1.45. The van der Waals surface area contributed by atoms with Gasteiger partial charge in [0.1, 0.15) is 0 Å². The van der Waals surface area contributed by atoms with E-state index >= 15 is 0 Å². The fourth-order valence-electron chi connectivity index (χ4n) is 1.45. The predicted molar refractivity (Wildman–Crippen MR) is 56.5 cm³/mol. The summed E-state index contributed by atoms with van der Waals surface area (Å²) >= 11 is 0. The van der Waals surface area contributed by atoms with E-state index < -0.39 is 17.1 Å². The second-order valence-electron chi connectivity index (χ2n) is 3.36. The third kappa shape index (κ3) is 1.85. The van der Waals surface area contributed by atoms with Crippen molar-refractivity contribution in [2.75, 3.05) is 0 Å². The van der Waals surface area contributed by atoms with Gasteiger partial charge in [0.05, 0.1) is 17.5 Å². The minimum atomic E-state index is -0.953. The lowest BCUT2D eigenvalue weighted by Crippen LogP contribution is -2.28. The summed E-state index contributed by atoms with van der Waals surface area (Å²) in [5.41, 5.74) is -0.0248. The number of benzene rings is 1. The molecule has 0 spiro atoms. The van der Waals surface area contributed by atoms with Crippen molar-refractivity contribution in [3.05, 3.63) is 44.5 Å². The van der Waals surface area contributed by atoms with Gasteiger partial charge in [-0.1, -0.05) is 6.07 Å². The Bertz CT molecular complexity index is 668. The molecule has 2 rings (SSSR count). The van der Waals surface area contributed by atoms with Crippen LogP contribution in [0.4, 0.5) is 0 Å². The number of aromatic nitrogens is 2. The Hall–Kier alpha value is -2.37. The molecule has 3 N–H and O–H groups in total. The number of aliphatic carboxylic acids is 1. The standard InChI is InChI=1S/C10H8N2O4/c13-8(14)4-5-1-2-6-7(3-5)12-10(16)9(15)11-6/h1-3H,4H2,(H,11,15)(H,12,16)(H,13,14). The average molecular weight is 220 g/mol. The zero-order valence-electron chi connectivity index (χ0n) is 8.11. The van der Waals surface area contributed by atoms with Gasteiger partial charge >= 0.3 is 17.1 Å². The van der Waals surface area contributed by atoms with Crippen LogP contribution in [0.3, 0.4) is 0 Å². The molecule has 0 saturated carbocycles. The summed E-state index contributed by atoms with van der Waals surface area (Å²) in [5.74, 6) is -0.953. The SMILES string of the molecule is O=C(O)Cc1ccc2[nH]c(=O)c(=O)[nH]c2c1. The summed E-state index contributed by atoms with van der Waals surface area (Å²) in [6, 6.07) is 4.68. The van der Waals surface area contributed by atoms with Gasteiger partial charge < -0.3 is 15.1 Å². The summed E-state index contributed by atoms with van der Waals surface area (Å²) in [5, 5.41) is 8.61. The van der Waals surface area contributed by atoms with Crippen LogP contribution in [0.1, 0.15) is 5.56 Å². The Labute approximate surface area is 88.6 Å². The number of rotatable bonds is 2. The molecule has 6 nitrogen and oxygen atoms in total. The maximum Gasteiger partial charge on any atom is 0.314 e. The van der Waals surface area contributed by atoms with E-state index in [4.69, 9.17) is 5.11 Å². The first-order chi connectivity index (χ1) is 7.56. The molecule has 0 radical (unpaired) electrons. The molecular formula is C10H8N2O4. The molecule has 1 heterocycles. The van der Waals surface area contributed by atoms with Crippen LogP contribution in [0.2, 0.25) is 0 Å². The van der Waals surface area contributed by atoms with Crippen molar-refractivity contribution in [1.29, 1.82) is 0 Å². The smallest absolute Gasteiger partial charge is 0.314 e. The normalized spacial score (nSPS) is 10.5. The van der Waals surface area contributed by atoms with Crippen LogP contribution in [0.15, 0.2) is 27.8 Å². The summed E-state index contributed by atoms with van der Waals surface area (Å²) in [6.07, 6.45) is -0.128. The molecule has 0 bridgehead atoms. The van der Waals surface area contributed by atoms with Gasteiger partial charge in [-0.2, -0.15) is 0 Å². The lowest BCUT2D eigenvalue weighted by molar-refractivity contribution is -0.136. The number of carbonyl (C=O) groups is 1. The Morgan fingerprint density at radius 3 is 2.38 bits per heavy atom. The molecule has 0 atom stereocenters. The van der Waals surface area contributed by atoms with Crippen molar-refractivity contribution in [1.82, 2.24) is 9.97 Å². The Morgan fingerprint density at radius 1 is 1.12 bits per heavy atom. The number of H-pyrrole nitrogens is 2. The monoisotopic (exact) mass is 220 g/mol. The van der Waals surface area contributed by atoms with Crippen molar-refractivity contribution in [2.24, 2.45) is 0 Å². The predicted octanol–water partition coefficient (Wildman–Crippen LogP) is -0.157. The Balaban J connectivity index is 2.62. The first-order valence-corrected chi connectivity index (χ1v) is 4.53. The molecule has 1 aromatic heterocycles. The number of hydrogen-bond acceptors (Lipinski definition) is 3. The van der Waals surface area contributed by atoms with E-state index in [-0.39, 0.29) is 6.42 Å². The Kier molecular flexibility index (Phi) is 2.32. The average Bonchev–Trinajstić information content (AvgIpc) is 2.19. The molecule has 16 heavy (non-hydrogen) atoms. The van der Waals surface area contributed by atoms with Crippen LogP contribution in [0.5, 0.6) is 0 Å². The van der Waals surface area contributed by atoms with Crippen LogP contribution in [-0.4, -0.2) is 21.0 Å². The molecule has 0 aliphatic heterocycles. The van der Waals surface area contributed by atoms with E-state index in [1.165, 1.54) is 6.07 Å². The molecular weight excluding hydrogens is 212 g/mol. The van der Waals surface area contributed by atoms with Gasteiger partial charge in [-0.05, 0) is 17.7 Å². The molecule has 1 aromatic carbocycles. The lowest BCUT2D eigenvalue weighted by atomic mass is 10.1. The van der Waals surface area contributed by atoms with Crippen molar-refractivity contribution in [2.45, 2.75) is 6.42 Å². The minimum Gasteiger partial charge on any atom is -0.481 e. The highest BCUT2D eigenvalue weighted by molar-refractivity contribution is 5.77. The number of hydrogen-bond donors (Lipinski definition) is 3. The van der Waals surface area contributed by atoms with Gasteiger partial charge in [0.15, 0.2) is 0 Å². The molecule has 0 saturated heterocycles. The maximum atomic E-state index is 11.1. The van der Waals surface area contributed by atoms with E-state index in [0.717, 1.165) is 0 Å². The van der Waals surface area contributed by atoms with Crippen molar-refractivity contribution in [3.8, 4) is 0 Å². The first-order valence-electron chi connectivity index (χ1n) is 4.53. The number of carboxylic acid groups (broad SMARTS) is 1. The van der Waals surface area contributed by atoms with Gasteiger partial charge in [0, 0.05) is 0 Å². The topological polar surface area (TPSA) is 103 Å². The molecule has 2 aromatic rings. The van der Waals surface area contributed by atoms with Gasteiger partial charge in [-0.25, -0.2) is 0 Å². The summed E-state index contributed by atoms with van der Waals surface area (Å²) < 4.78 is 0. The van der Waals surface area contributed by atoms with E-state index in [0.29, 0.717) is 16.6 Å². The maximum absolute atomic E-state index is 11.1. The molecule has 0 aliphatic carbocycles. The highest BCUT2D eigenvalue weighted by atomic mass is 16.4. The largest absolute Gasteiger partial charge is 0.481 e. The highest BCUT2D eigenvalue weighted by Crippen LogP contribution is 2.09. The number of fused-ring (bicyclic) bond motifs is 1. The lowest BCUT2D eigenvalue weighted by Gasteiger charge is -2.00. The zero-order chi connectivity index (χ0) is 11.7. The first kappa shape index (κ1) is 10.2. The summed E-state index contributed by atoms with van der Waals surface area (Å²) in [4.78, 5) is 37.3. The van der Waals surface area contributed by atoms with Gasteiger partial charge in [0.25, 0.3) is 0 Å². The number of aromatic amines is 2. The van der Waals surface area contributed by atoms with Gasteiger partial charge in [-0.15, -0.1) is 0 Å². The molecule has 0 amide bonds. The van der Waals surface area contributed by atoms with E-state index in [9.17, 15) is 14.4 Å². The number of nitrogens with one attached hydrogen (secondary N) is 2. The number of carboxylic acids is 1. The second kappa shape index (κ2) is 3.65. The van der Waals surface area contributed by atoms with E-state index in [2.05, 4.69) is 9.97 Å². The van der Waals surface area contributed by atoms with E-state index in [1.807, 2.05) is 0 Å². The highest BCUT2D eigenvalue weighted by Gasteiger charge is 2.03.